The van der Waals surface area contributed by atoms with Gasteiger partial charge >= 0.3 is 5.97 Å². The summed E-state index contributed by atoms with van der Waals surface area (Å²) in [4.78, 5) is 47.5. The van der Waals surface area contributed by atoms with E-state index in [0.29, 0.717) is 24.0 Å². The van der Waals surface area contributed by atoms with Gasteiger partial charge in [-0.05, 0) is 96.8 Å². The second-order valence-corrected chi connectivity index (χ2v) is 15.9. The first-order chi connectivity index (χ1) is 20.6. The fraction of sp³-hybridized carbons (Fsp3) is 0.750. The van der Waals surface area contributed by atoms with E-state index < -0.39 is 5.41 Å². The van der Waals surface area contributed by atoms with Gasteiger partial charge in [0.25, 0.3) is 0 Å². The van der Waals surface area contributed by atoms with E-state index in [0.717, 1.165) is 57.1 Å². The normalized spacial score (nSPS) is 28.2. The van der Waals surface area contributed by atoms with E-state index in [2.05, 4.69) is 61.5 Å². The molecule has 0 unspecified atom stereocenters. The van der Waals surface area contributed by atoms with E-state index in [1.807, 2.05) is 26.0 Å². The number of esters is 1. The van der Waals surface area contributed by atoms with E-state index in [9.17, 15) is 14.4 Å². The average molecular weight is 630 g/mol. The first kappa shape index (κ1) is 34.7. The highest BCUT2D eigenvalue weighted by Gasteiger charge is 2.49. The lowest BCUT2D eigenvalue weighted by Crippen LogP contribution is -2.55. The van der Waals surface area contributed by atoms with Crippen LogP contribution in [-0.4, -0.2) is 82.4 Å². The Labute approximate surface area is 271 Å². The summed E-state index contributed by atoms with van der Waals surface area (Å²) < 4.78 is 5.37. The summed E-state index contributed by atoms with van der Waals surface area (Å²) in [5.41, 5.74) is 0.262. The maximum atomic E-state index is 14.7. The second-order valence-electron chi connectivity index (χ2n) is 15.5. The van der Waals surface area contributed by atoms with Crippen LogP contribution in [-0.2, 0) is 19.1 Å². The van der Waals surface area contributed by atoms with Gasteiger partial charge in [0.05, 0.1) is 17.4 Å². The van der Waals surface area contributed by atoms with Crippen LogP contribution < -0.4 is 0 Å². The Morgan fingerprint density at radius 3 is 2.16 bits per heavy atom. The van der Waals surface area contributed by atoms with Gasteiger partial charge < -0.3 is 14.5 Å². The molecule has 0 bridgehead atoms. The fourth-order valence-electron chi connectivity index (χ4n) is 7.68. The Bertz CT molecular complexity index is 1150. The number of nitrogens with zero attached hydrogens (tertiary/aromatic N) is 3. The number of halogens is 1. The van der Waals surface area contributed by atoms with Crippen molar-refractivity contribution in [3.05, 3.63) is 34.9 Å². The predicted molar refractivity (Wildman–Crippen MR) is 177 cm³/mol. The standard InChI is InChI=1S/C36H56ClN3O4/c1-9-10-29-19-30(40(28-17-11-24(2)12-18-28)34(43)36(7,8)23-44-25(3)41)20-39(29)33(42)32-22-38(35(4,5)6)21-31(32)26-13-15-27(37)16-14-26/h13-16,24,28-32H,9-12,17-23H2,1-8H3/t24?,28?,29-,30-,31-,32+/m0/s1. The molecule has 2 aliphatic heterocycles. The van der Waals surface area contributed by atoms with Crippen LogP contribution in [0.4, 0.5) is 0 Å². The highest BCUT2D eigenvalue weighted by atomic mass is 35.5. The summed E-state index contributed by atoms with van der Waals surface area (Å²) >= 11 is 6.24. The van der Waals surface area contributed by atoms with Crippen LogP contribution in [0.5, 0.6) is 0 Å². The highest BCUT2D eigenvalue weighted by molar-refractivity contribution is 6.30. The molecule has 3 fully saturated rings. The SMILES string of the molecule is CCC[C@H]1C[C@H](N(C(=O)C(C)(C)COC(C)=O)C2CCC(C)CC2)CN1C(=O)[C@@H]1CN(C(C)(C)C)C[C@H]1c1ccc(Cl)cc1. The van der Waals surface area contributed by atoms with E-state index >= 15 is 0 Å². The van der Waals surface area contributed by atoms with Crippen LogP contribution in [0.1, 0.15) is 112 Å². The van der Waals surface area contributed by atoms with Gasteiger partial charge in [0.15, 0.2) is 0 Å². The molecular weight excluding hydrogens is 574 g/mol. The number of rotatable bonds is 9. The Kier molecular flexibility index (Phi) is 11.1. The quantitative estimate of drug-likeness (QED) is 0.277. The van der Waals surface area contributed by atoms with Crippen molar-refractivity contribution in [1.82, 2.24) is 14.7 Å². The third-order valence-corrected chi connectivity index (χ3v) is 10.7. The molecule has 0 N–H and O–H groups in total. The number of carbonyl (C=O) groups is 3. The molecule has 44 heavy (non-hydrogen) atoms. The molecule has 3 aliphatic rings. The van der Waals surface area contributed by atoms with Gasteiger partial charge in [-0.3, -0.25) is 19.3 Å². The third kappa shape index (κ3) is 7.99. The monoisotopic (exact) mass is 629 g/mol. The molecule has 0 radical (unpaired) electrons. The first-order valence-corrected chi connectivity index (χ1v) is 17.3. The maximum Gasteiger partial charge on any atom is 0.302 e. The zero-order valence-corrected chi connectivity index (χ0v) is 29.2. The van der Waals surface area contributed by atoms with E-state index in [4.69, 9.17) is 16.3 Å². The predicted octanol–water partition coefficient (Wildman–Crippen LogP) is 6.92. The first-order valence-electron chi connectivity index (χ1n) is 16.9. The Balaban J connectivity index is 1.64. The van der Waals surface area contributed by atoms with Crippen molar-refractivity contribution in [3.8, 4) is 0 Å². The summed E-state index contributed by atoms with van der Waals surface area (Å²) in [5, 5.41) is 0.700. The van der Waals surface area contributed by atoms with Gasteiger partial charge in [-0.1, -0.05) is 44.0 Å². The average Bonchev–Trinajstić information content (AvgIpc) is 3.59. The summed E-state index contributed by atoms with van der Waals surface area (Å²) in [6.07, 6.45) is 6.84. The topological polar surface area (TPSA) is 70.2 Å². The molecule has 1 aromatic rings. The van der Waals surface area contributed by atoms with E-state index in [1.165, 1.54) is 6.92 Å². The number of hydrogen-bond donors (Lipinski definition) is 0. The molecule has 4 rings (SSSR count). The number of carbonyl (C=O) groups excluding carboxylic acids is 3. The van der Waals surface area contributed by atoms with Crippen molar-refractivity contribution in [2.45, 2.75) is 130 Å². The zero-order chi connectivity index (χ0) is 32.4. The smallest absolute Gasteiger partial charge is 0.302 e. The molecule has 1 saturated carbocycles. The van der Waals surface area contributed by atoms with Crippen molar-refractivity contribution in [2.75, 3.05) is 26.2 Å². The molecule has 0 aromatic heterocycles. The molecule has 2 saturated heterocycles. The lowest BCUT2D eigenvalue weighted by molar-refractivity contribution is -0.155. The Hall–Kier alpha value is -2.12. The molecule has 1 aromatic carbocycles. The van der Waals surface area contributed by atoms with Crippen molar-refractivity contribution < 1.29 is 19.1 Å². The van der Waals surface area contributed by atoms with Crippen LogP contribution in [0.3, 0.4) is 0 Å². The molecule has 2 amide bonds. The number of likely N-dealkylation sites (tertiary alicyclic amines) is 2. The molecular formula is C36H56ClN3O4. The molecule has 7 nitrogen and oxygen atoms in total. The number of ether oxygens (including phenoxy) is 1. The molecule has 4 atom stereocenters. The molecule has 2 heterocycles. The zero-order valence-electron chi connectivity index (χ0n) is 28.4. The molecule has 0 spiro atoms. The van der Waals surface area contributed by atoms with Crippen molar-refractivity contribution in [1.29, 1.82) is 0 Å². The van der Waals surface area contributed by atoms with Gasteiger partial charge in [0.2, 0.25) is 11.8 Å². The third-order valence-electron chi connectivity index (χ3n) is 10.4. The van der Waals surface area contributed by atoms with Gasteiger partial charge in [-0.15, -0.1) is 0 Å². The number of hydrogen-bond acceptors (Lipinski definition) is 5. The molecule has 1 aliphatic carbocycles. The largest absolute Gasteiger partial charge is 0.465 e. The molecule has 8 heteroatoms. The summed E-state index contributed by atoms with van der Waals surface area (Å²) in [5.74, 6) is 0.452. The van der Waals surface area contributed by atoms with Gasteiger partial charge in [-0.2, -0.15) is 0 Å². The lowest BCUT2D eigenvalue weighted by atomic mass is 9.83. The van der Waals surface area contributed by atoms with Gasteiger partial charge in [0.1, 0.15) is 6.61 Å². The van der Waals surface area contributed by atoms with Crippen LogP contribution >= 0.6 is 11.6 Å². The fourth-order valence-corrected chi connectivity index (χ4v) is 7.80. The van der Waals surface area contributed by atoms with Crippen LogP contribution in [0.25, 0.3) is 0 Å². The van der Waals surface area contributed by atoms with Crippen molar-refractivity contribution in [3.63, 3.8) is 0 Å². The van der Waals surface area contributed by atoms with Crippen LogP contribution in [0.15, 0.2) is 24.3 Å². The Morgan fingerprint density at radius 2 is 1.59 bits per heavy atom. The van der Waals surface area contributed by atoms with Gasteiger partial charge in [-0.25, -0.2) is 0 Å². The van der Waals surface area contributed by atoms with Crippen molar-refractivity contribution in [2.24, 2.45) is 17.3 Å². The van der Waals surface area contributed by atoms with Crippen molar-refractivity contribution >= 4 is 29.4 Å². The minimum Gasteiger partial charge on any atom is -0.465 e. The summed E-state index contributed by atoms with van der Waals surface area (Å²) in [6.45, 7) is 18.4. The Morgan fingerprint density at radius 1 is 0.955 bits per heavy atom. The number of benzene rings is 1. The second kappa shape index (κ2) is 14.1. The minimum absolute atomic E-state index is 0.0339. The summed E-state index contributed by atoms with van der Waals surface area (Å²) in [7, 11) is 0. The van der Waals surface area contributed by atoms with Crippen LogP contribution in [0, 0.1) is 17.3 Å². The van der Waals surface area contributed by atoms with E-state index in [-0.39, 0.29) is 59.9 Å². The summed E-state index contributed by atoms with van der Waals surface area (Å²) in [6, 6.07) is 8.19. The minimum atomic E-state index is -0.843. The van der Waals surface area contributed by atoms with Gasteiger partial charge in [0, 0.05) is 55.1 Å². The van der Waals surface area contributed by atoms with E-state index in [1.54, 1.807) is 0 Å². The van der Waals surface area contributed by atoms with Crippen LogP contribution in [0.2, 0.25) is 5.02 Å². The highest BCUT2D eigenvalue weighted by Crippen LogP contribution is 2.41. The lowest BCUT2D eigenvalue weighted by Gasteiger charge is -2.43. The number of amides is 2. The maximum absolute atomic E-state index is 14.7. The molecule has 246 valence electrons.